The Morgan fingerprint density at radius 2 is 1.88 bits per heavy atom. The maximum absolute atomic E-state index is 12.8. The molecule has 2 bridgehead atoms. The molecule has 0 unspecified atom stereocenters. The van der Waals surface area contributed by atoms with Crippen molar-refractivity contribution >= 4 is 12.4 Å². The minimum absolute atomic E-state index is 0.0803. The second kappa shape index (κ2) is 7.42. The first kappa shape index (κ1) is 17.1. The molecular weight excluding hydrogens is 322 g/mol. The van der Waals surface area contributed by atoms with Gasteiger partial charge in [-0.15, -0.1) is 0 Å². The van der Waals surface area contributed by atoms with Crippen LogP contribution in [0.3, 0.4) is 0 Å². The highest BCUT2D eigenvalue weighted by Crippen LogP contribution is 2.36. The fraction of sp³-hybridized carbons (Fsp3) is 0.471. The second-order valence-corrected chi connectivity index (χ2v) is 6.35. The van der Waals surface area contributed by atoms with Crippen LogP contribution >= 0.6 is 0 Å². The molecule has 2 fully saturated rings. The summed E-state index contributed by atoms with van der Waals surface area (Å²) in [4.78, 5) is 31.5. The molecule has 132 valence electrons. The molecule has 2 aromatic rings. The third-order valence-corrected chi connectivity index (χ3v) is 4.80. The molecule has 1 amide bonds. The van der Waals surface area contributed by atoms with Crippen LogP contribution in [-0.4, -0.2) is 54.6 Å². The van der Waals surface area contributed by atoms with Crippen LogP contribution < -0.4 is 0 Å². The van der Waals surface area contributed by atoms with Crippen molar-refractivity contribution in [1.29, 1.82) is 0 Å². The van der Waals surface area contributed by atoms with Crippen LogP contribution in [0.15, 0.2) is 18.5 Å². The van der Waals surface area contributed by atoms with Gasteiger partial charge >= 0.3 is 0 Å². The van der Waals surface area contributed by atoms with Crippen molar-refractivity contribution in [3.8, 4) is 11.4 Å². The van der Waals surface area contributed by atoms with Gasteiger partial charge in [0.2, 0.25) is 0 Å². The van der Waals surface area contributed by atoms with Crippen molar-refractivity contribution in [2.75, 3.05) is 0 Å². The molecule has 2 saturated heterocycles. The van der Waals surface area contributed by atoms with E-state index in [1.54, 1.807) is 6.07 Å². The predicted octanol–water partition coefficient (Wildman–Crippen LogP) is 2.03. The summed E-state index contributed by atoms with van der Waals surface area (Å²) in [6.45, 7) is 1.66. The average molecular weight is 343 g/mol. The largest absolute Gasteiger partial charge is 0.483 e. The second-order valence-electron chi connectivity index (χ2n) is 6.35. The Balaban J connectivity index is 0.000000569. The number of carboxylic acid groups (broad SMARTS) is 1. The number of fused-ring (bicyclic) bond motifs is 2. The van der Waals surface area contributed by atoms with E-state index in [0.29, 0.717) is 23.5 Å². The lowest BCUT2D eigenvalue weighted by Gasteiger charge is -2.34. The first-order valence-corrected chi connectivity index (χ1v) is 8.39. The summed E-state index contributed by atoms with van der Waals surface area (Å²) in [5.74, 6) is 0.0803. The summed E-state index contributed by atoms with van der Waals surface area (Å²) < 4.78 is 0. The minimum atomic E-state index is -0.250. The van der Waals surface area contributed by atoms with Gasteiger partial charge in [0.15, 0.2) is 0 Å². The Morgan fingerprint density at radius 3 is 2.52 bits per heavy atom. The number of hydrogen-bond acceptors (Lipinski definition) is 5. The van der Waals surface area contributed by atoms with Gasteiger partial charge in [-0.1, -0.05) is 0 Å². The van der Waals surface area contributed by atoms with E-state index in [-0.39, 0.29) is 12.4 Å². The average Bonchev–Trinajstić information content (AvgIpc) is 3.18. The number of carbonyl (C=O) groups excluding carboxylic acids is 1. The molecule has 25 heavy (non-hydrogen) atoms. The van der Waals surface area contributed by atoms with Crippen LogP contribution in [0.4, 0.5) is 0 Å². The lowest BCUT2D eigenvalue weighted by Crippen LogP contribution is -2.44. The zero-order valence-corrected chi connectivity index (χ0v) is 14.1. The van der Waals surface area contributed by atoms with Crippen molar-refractivity contribution in [1.82, 2.24) is 25.1 Å². The Hall–Kier alpha value is -2.77. The smallest absolute Gasteiger partial charge is 0.290 e. The van der Waals surface area contributed by atoms with E-state index in [0.717, 1.165) is 37.1 Å². The number of aromatic nitrogens is 4. The van der Waals surface area contributed by atoms with Gasteiger partial charge in [-0.25, -0.2) is 9.97 Å². The molecule has 0 spiro atoms. The van der Waals surface area contributed by atoms with Crippen LogP contribution in [0.25, 0.3) is 11.4 Å². The van der Waals surface area contributed by atoms with Crippen molar-refractivity contribution in [2.45, 2.75) is 51.1 Å². The number of nitrogens with one attached hydrogen (secondary N) is 1. The number of H-pyrrole nitrogens is 1. The van der Waals surface area contributed by atoms with Gasteiger partial charge in [0, 0.05) is 17.8 Å². The third kappa shape index (κ3) is 3.52. The fourth-order valence-electron chi connectivity index (χ4n) is 3.74. The van der Waals surface area contributed by atoms with E-state index >= 15 is 0 Å². The van der Waals surface area contributed by atoms with Gasteiger partial charge < -0.3 is 10.0 Å². The molecule has 2 N–H and O–H groups in total. The molecule has 8 heteroatoms. The summed E-state index contributed by atoms with van der Waals surface area (Å²) in [6, 6.07) is 4.51. The third-order valence-electron chi connectivity index (χ3n) is 4.80. The van der Waals surface area contributed by atoms with Crippen molar-refractivity contribution in [3.05, 3.63) is 29.8 Å². The molecule has 0 aromatic carbocycles. The highest BCUT2D eigenvalue weighted by Gasteiger charge is 2.40. The molecule has 0 saturated carbocycles. The number of rotatable bonds is 2. The lowest BCUT2D eigenvalue weighted by atomic mass is 10.0. The normalized spacial score (nSPS) is 21.4. The van der Waals surface area contributed by atoms with Crippen LogP contribution in [0.2, 0.25) is 0 Å². The molecule has 2 aliphatic heterocycles. The number of aryl methyl sites for hydroxylation is 1. The maximum atomic E-state index is 12.8. The molecule has 4 rings (SSSR count). The van der Waals surface area contributed by atoms with Crippen LogP contribution in [0.1, 0.15) is 48.3 Å². The van der Waals surface area contributed by atoms with E-state index in [2.05, 4.69) is 25.1 Å². The minimum Gasteiger partial charge on any atom is -0.483 e. The first-order chi connectivity index (χ1) is 12.1. The molecule has 0 aliphatic carbocycles. The van der Waals surface area contributed by atoms with Gasteiger partial charge in [-0.3, -0.25) is 14.7 Å². The summed E-state index contributed by atoms with van der Waals surface area (Å²) in [5.41, 5.74) is 2.88. The van der Waals surface area contributed by atoms with Crippen molar-refractivity contribution in [3.63, 3.8) is 0 Å². The van der Waals surface area contributed by atoms with Crippen LogP contribution in [-0.2, 0) is 4.79 Å². The van der Waals surface area contributed by atoms with Crippen molar-refractivity contribution < 1.29 is 14.7 Å². The molecule has 2 aliphatic rings. The van der Waals surface area contributed by atoms with Crippen molar-refractivity contribution in [2.24, 2.45) is 0 Å². The summed E-state index contributed by atoms with van der Waals surface area (Å²) in [5, 5.41) is 14.0. The van der Waals surface area contributed by atoms with Gasteiger partial charge in [0.05, 0.1) is 5.69 Å². The van der Waals surface area contributed by atoms with E-state index in [9.17, 15) is 4.79 Å². The summed E-state index contributed by atoms with van der Waals surface area (Å²) >= 11 is 0. The summed E-state index contributed by atoms with van der Waals surface area (Å²) in [6.07, 6.45) is 7.31. The number of nitrogens with zero attached hydrogens (tertiary/aromatic N) is 4. The molecule has 4 heterocycles. The molecule has 0 radical (unpaired) electrons. The van der Waals surface area contributed by atoms with Gasteiger partial charge in [-0.05, 0) is 51.2 Å². The first-order valence-electron chi connectivity index (χ1n) is 8.39. The highest BCUT2D eigenvalue weighted by molar-refractivity contribution is 5.94. The standard InChI is InChI=1S/C16H19N5O.CH2O2/c1-10-7-13(18-9-17-10)14-8-15(20-19-14)16(22)21-11-3-2-4-12(21)6-5-11;2-1-3/h7-9,11-12H,2-6H2,1H3,(H,19,20);1H,(H,2,3)/t11-,12-;/m1./s1. The molecule has 2 aromatic heterocycles. The molecule has 8 nitrogen and oxygen atoms in total. The van der Waals surface area contributed by atoms with Gasteiger partial charge in [0.25, 0.3) is 12.4 Å². The Morgan fingerprint density at radius 1 is 1.20 bits per heavy atom. The van der Waals surface area contributed by atoms with E-state index in [4.69, 9.17) is 9.90 Å². The Bertz CT molecular complexity index is 744. The SMILES string of the molecule is Cc1cc(-c2cc(C(=O)N3[C@@H]4CCC[C@@H]3CC4)[nH]n2)ncn1.O=CO. The van der Waals surface area contributed by atoms with Crippen LogP contribution in [0.5, 0.6) is 0 Å². The lowest BCUT2D eigenvalue weighted by molar-refractivity contribution is -0.122. The zero-order chi connectivity index (χ0) is 17.8. The quantitative estimate of drug-likeness (QED) is 0.807. The zero-order valence-electron chi connectivity index (χ0n) is 14.1. The summed E-state index contributed by atoms with van der Waals surface area (Å²) in [7, 11) is 0. The Labute approximate surface area is 145 Å². The van der Waals surface area contributed by atoms with E-state index < -0.39 is 0 Å². The number of piperidine rings is 1. The number of hydrogen-bond donors (Lipinski definition) is 2. The Kier molecular flexibility index (Phi) is 5.06. The topological polar surface area (TPSA) is 112 Å². The fourth-order valence-corrected chi connectivity index (χ4v) is 3.74. The van der Waals surface area contributed by atoms with E-state index in [1.165, 1.54) is 12.7 Å². The number of aromatic amines is 1. The number of carbonyl (C=O) groups is 2. The van der Waals surface area contributed by atoms with E-state index in [1.807, 2.05) is 13.0 Å². The van der Waals surface area contributed by atoms with Gasteiger partial charge in [0.1, 0.15) is 17.7 Å². The monoisotopic (exact) mass is 343 g/mol. The van der Waals surface area contributed by atoms with Gasteiger partial charge in [-0.2, -0.15) is 5.10 Å². The van der Waals surface area contributed by atoms with Crippen LogP contribution in [0, 0.1) is 6.92 Å². The molecule has 2 atom stereocenters. The molecular formula is C17H21N5O3. The maximum Gasteiger partial charge on any atom is 0.290 e. The predicted molar refractivity (Wildman–Crippen MR) is 89.9 cm³/mol. The number of amides is 1. The highest BCUT2D eigenvalue weighted by atomic mass is 16.3.